The van der Waals surface area contributed by atoms with Gasteiger partial charge < -0.3 is 15.1 Å². The number of hydrogen-bond acceptors (Lipinski definition) is 5. The van der Waals surface area contributed by atoms with Crippen LogP contribution in [0.1, 0.15) is 12.0 Å². The molecule has 2 aromatic carbocycles. The molecule has 0 saturated carbocycles. The van der Waals surface area contributed by atoms with E-state index in [1.165, 1.54) is 0 Å². The summed E-state index contributed by atoms with van der Waals surface area (Å²) in [5.74, 6) is -0.262. The molecule has 1 aromatic heterocycles. The highest BCUT2D eigenvalue weighted by Gasteiger charge is 2.34. The second-order valence-corrected chi connectivity index (χ2v) is 10.5. The molecule has 4 rings (SSSR count). The molecule has 0 bridgehead atoms. The van der Waals surface area contributed by atoms with Crippen LogP contribution in [0, 0.1) is 0 Å². The lowest BCUT2D eigenvalue weighted by atomic mass is 9.91. The maximum absolute atomic E-state index is 13.0. The van der Waals surface area contributed by atoms with Crippen molar-refractivity contribution in [2.24, 2.45) is 0 Å². The van der Waals surface area contributed by atoms with Crippen molar-refractivity contribution >= 4 is 67.1 Å². The number of carbonyl (C=O) groups is 1. The zero-order chi connectivity index (χ0) is 23.6. The van der Waals surface area contributed by atoms with Crippen LogP contribution in [0.4, 0.5) is 10.8 Å². The quantitative estimate of drug-likeness (QED) is 0.409. The van der Waals surface area contributed by atoms with Crippen molar-refractivity contribution in [1.82, 2.24) is 9.88 Å². The number of anilines is 2. The molecule has 1 amide bonds. The zero-order valence-corrected chi connectivity index (χ0v) is 21.1. The van der Waals surface area contributed by atoms with Crippen LogP contribution >= 0.6 is 34.5 Å². The van der Waals surface area contributed by atoms with Gasteiger partial charge in [-0.2, -0.15) is 0 Å². The van der Waals surface area contributed by atoms with Gasteiger partial charge in [-0.05, 0) is 55.9 Å². The Morgan fingerprint density at radius 2 is 1.97 bits per heavy atom. The predicted octanol–water partition coefficient (Wildman–Crippen LogP) is 5.91. The van der Waals surface area contributed by atoms with Crippen molar-refractivity contribution in [3.05, 3.63) is 71.3 Å². The Balaban J connectivity index is 1.45. The highest BCUT2D eigenvalue weighted by Crippen LogP contribution is 2.35. The summed E-state index contributed by atoms with van der Waals surface area (Å²) >= 11 is 14.6. The lowest BCUT2D eigenvalue weighted by Crippen LogP contribution is -2.36. The van der Waals surface area contributed by atoms with Crippen molar-refractivity contribution in [3.8, 4) is 0 Å². The SMILES string of the molecule is CN(C)CCN(C)c1nc2ccc(NC(=O)C3(Cl)C=CC(c4ccccc4Cl)=CC3)cc2s1. The molecule has 0 fully saturated rings. The summed E-state index contributed by atoms with van der Waals surface area (Å²) in [6, 6.07) is 13.4. The van der Waals surface area contributed by atoms with Crippen LogP contribution in [0.25, 0.3) is 15.8 Å². The van der Waals surface area contributed by atoms with E-state index in [4.69, 9.17) is 28.2 Å². The third kappa shape index (κ3) is 5.41. The van der Waals surface area contributed by atoms with E-state index >= 15 is 0 Å². The maximum Gasteiger partial charge on any atom is 0.249 e. The van der Waals surface area contributed by atoms with Gasteiger partial charge in [0.1, 0.15) is 4.87 Å². The highest BCUT2D eigenvalue weighted by atomic mass is 35.5. The van der Waals surface area contributed by atoms with E-state index in [2.05, 4.69) is 29.2 Å². The lowest BCUT2D eigenvalue weighted by Gasteiger charge is -2.25. The lowest BCUT2D eigenvalue weighted by molar-refractivity contribution is -0.117. The molecule has 1 atom stereocenters. The number of nitrogens with one attached hydrogen (secondary N) is 1. The number of carbonyl (C=O) groups excluding carboxylic acids is 1. The first kappa shape index (κ1) is 23.8. The van der Waals surface area contributed by atoms with Gasteiger partial charge in [0.15, 0.2) is 5.13 Å². The van der Waals surface area contributed by atoms with E-state index in [1.807, 2.05) is 61.7 Å². The fourth-order valence-corrected chi connectivity index (χ4v) is 4.94. The third-order valence-corrected chi connectivity index (χ3v) is 7.47. The minimum absolute atomic E-state index is 0.262. The molecule has 1 aliphatic rings. The van der Waals surface area contributed by atoms with Gasteiger partial charge in [0.2, 0.25) is 5.91 Å². The van der Waals surface area contributed by atoms with Gasteiger partial charge >= 0.3 is 0 Å². The maximum atomic E-state index is 13.0. The van der Waals surface area contributed by atoms with Crippen molar-refractivity contribution in [2.45, 2.75) is 11.3 Å². The molecule has 3 aromatic rings. The van der Waals surface area contributed by atoms with Crippen LogP contribution in [0.2, 0.25) is 5.02 Å². The third-order valence-electron chi connectivity index (χ3n) is 5.55. The number of nitrogens with zero attached hydrogens (tertiary/aromatic N) is 3. The Morgan fingerprint density at radius 3 is 2.67 bits per heavy atom. The molecular weight excluding hydrogens is 475 g/mol. The smallest absolute Gasteiger partial charge is 0.249 e. The number of rotatable bonds is 7. The molecule has 1 heterocycles. The van der Waals surface area contributed by atoms with Crippen molar-refractivity contribution < 1.29 is 4.79 Å². The standard InChI is InChI=1S/C25H26Cl2N4OS/c1-30(2)14-15-31(3)24-29-21-9-8-18(16-22(21)33-24)28-23(32)25(27)12-10-17(11-13-25)19-6-4-5-7-20(19)26/h4-12,16H,13-15H2,1-3H3,(H,28,32). The summed E-state index contributed by atoms with van der Waals surface area (Å²) in [7, 11) is 6.15. The predicted molar refractivity (Wildman–Crippen MR) is 142 cm³/mol. The molecule has 1 aliphatic carbocycles. The van der Waals surface area contributed by atoms with Gasteiger partial charge in [-0.15, -0.1) is 11.6 Å². The molecule has 172 valence electrons. The average Bonchev–Trinajstić information content (AvgIpc) is 3.22. The topological polar surface area (TPSA) is 48.5 Å². The molecule has 0 radical (unpaired) electrons. The van der Waals surface area contributed by atoms with Gasteiger partial charge in [0, 0.05) is 30.8 Å². The molecule has 1 unspecified atom stereocenters. The highest BCUT2D eigenvalue weighted by molar-refractivity contribution is 7.22. The molecule has 1 N–H and O–H groups in total. The fraction of sp³-hybridized carbons (Fsp3) is 0.280. The van der Waals surface area contributed by atoms with Crippen molar-refractivity contribution in [2.75, 3.05) is 44.4 Å². The first-order valence-corrected chi connectivity index (χ1v) is 12.2. The van der Waals surface area contributed by atoms with Gasteiger partial charge in [0.05, 0.1) is 10.2 Å². The van der Waals surface area contributed by atoms with Crippen LogP contribution in [0.5, 0.6) is 0 Å². The number of amides is 1. The second-order valence-electron chi connectivity index (χ2n) is 8.40. The van der Waals surface area contributed by atoms with Crippen LogP contribution in [-0.2, 0) is 4.79 Å². The Morgan fingerprint density at radius 1 is 1.18 bits per heavy atom. The minimum atomic E-state index is -1.15. The monoisotopic (exact) mass is 500 g/mol. The molecule has 33 heavy (non-hydrogen) atoms. The van der Waals surface area contributed by atoms with Gasteiger partial charge in [0.25, 0.3) is 0 Å². The Hall–Kier alpha value is -2.38. The summed E-state index contributed by atoms with van der Waals surface area (Å²) < 4.78 is 1.02. The van der Waals surface area contributed by atoms with Crippen LogP contribution in [0.15, 0.2) is 60.7 Å². The molecule has 8 heteroatoms. The summed E-state index contributed by atoms with van der Waals surface area (Å²) in [6.07, 6.45) is 5.93. The number of halogens is 2. The van der Waals surface area contributed by atoms with E-state index < -0.39 is 4.87 Å². The summed E-state index contributed by atoms with van der Waals surface area (Å²) in [5.41, 5.74) is 3.50. The van der Waals surface area contributed by atoms with Crippen molar-refractivity contribution in [3.63, 3.8) is 0 Å². The Labute approximate surface area is 208 Å². The number of thiazole rings is 1. The largest absolute Gasteiger partial charge is 0.350 e. The molecule has 0 aliphatic heterocycles. The Bertz CT molecular complexity index is 1240. The second kappa shape index (κ2) is 9.85. The van der Waals surface area contributed by atoms with Crippen LogP contribution < -0.4 is 10.2 Å². The number of benzene rings is 2. The molecule has 0 spiro atoms. The number of aromatic nitrogens is 1. The van der Waals surface area contributed by atoms with Gasteiger partial charge in [-0.1, -0.05) is 59.4 Å². The Kier molecular flexibility index (Phi) is 7.10. The number of allylic oxidation sites excluding steroid dienone is 3. The van der Waals surface area contributed by atoms with Crippen LogP contribution in [0.3, 0.4) is 0 Å². The zero-order valence-electron chi connectivity index (χ0n) is 18.8. The first-order chi connectivity index (χ1) is 15.7. The van der Waals surface area contributed by atoms with Crippen LogP contribution in [-0.4, -0.2) is 54.9 Å². The normalized spacial score (nSPS) is 17.9. The number of hydrogen-bond donors (Lipinski definition) is 1. The fourth-order valence-electron chi connectivity index (χ4n) is 3.51. The number of alkyl halides is 1. The van der Waals surface area contributed by atoms with Gasteiger partial charge in [-0.25, -0.2) is 4.98 Å². The molecule has 5 nitrogen and oxygen atoms in total. The van der Waals surface area contributed by atoms with E-state index in [0.717, 1.165) is 39.6 Å². The van der Waals surface area contributed by atoms with E-state index in [-0.39, 0.29) is 5.91 Å². The minimum Gasteiger partial charge on any atom is -0.350 e. The van der Waals surface area contributed by atoms with E-state index in [1.54, 1.807) is 17.4 Å². The van der Waals surface area contributed by atoms with E-state index in [0.29, 0.717) is 17.1 Å². The summed E-state index contributed by atoms with van der Waals surface area (Å²) in [5, 5.41) is 4.60. The average molecular weight is 501 g/mol. The number of fused-ring (bicyclic) bond motifs is 1. The molecular formula is C25H26Cl2N4OS. The summed E-state index contributed by atoms with van der Waals surface area (Å²) in [6.45, 7) is 1.84. The van der Waals surface area contributed by atoms with Crippen molar-refractivity contribution in [1.29, 1.82) is 0 Å². The molecule has 0 saturated heterocycles. The summed E-state index contributed by atoms with van der Waals surface area (Å²) in [4.78, 5) is 20.9. The van der Waals surface area contributed by atoms with Gasteiger partial charge in [-0.3, -0.25) is 4.79 Å². The number of likely N-dealkylation sites (N-methyl/N-ethyl adjacent to an activating group) is 2. The van der Waals surface area contributed by atoms with E-state index in [9.17, 15) is 4.79 Å². The first-order valence-electron chi connectivity index (χ1n) is 10.7.